The third kappa shape index (κ3) is 13.2. The van der Waals surface area contributed by atoms with E-state index in [0.29, 0.717) is 11.0 Å². The minimum Gasteiger partial charge on any atom is -1.00 e. The molecule has 0 N–H and O–H groups in total. The van der Waals surface area contributed by atoms with Crippen LogP contribution in [-0.2, 0) is 9.53 Å². The quantitative estimate of drug-likeness (QED) is 0.318. The Morgan fingerprint density at radius 2 is 2.09 bits per heavy atom. The van der Waals surface area contributed by atoms with E-state index < -0.39 is 12.8 Å². The van der Waals surface area contributed by atoms with Crippen molar-refractivity contribution in [1.29, 1.82) is 0 Å². The van der Waals surface area contributed by atoms with Crippen molar-refractivity contribution in [2.75, 3.05) is 34.3 Å². The molecule has 0 bridgehead atoms. The van der Waals surface area contributed by atoms with Crippen LogP contribution in [0.5, 0.6) is 0 Å². The predicted octanol–water partition coefficient (Wildman–Crippen LogP) is -2.74. The Morgan fingerprint density at radius 1 is 1.55 bits per heavy atom. The fraction of sp³-hybridized carbons (Fsp3) is 0.857. The van der Waals surface area contributed by atoms with Gasteiger partial charge in [0.25, 0.3) is 0 Å². The molecule has 0 saturated carbocycles. The largest absolute Gasteiger partial charge is 1.00 e. The van der Waals surface area contributed by atoms with Crippen LogP contribution in [0.15, 0.2) is 0 Å². The summed E-state index contributed by atoms with van der Waals surface area (Å²) in [6.07, 6.45) is 0. The Balaban J connectivity index is 0. The molecule has 0 spiro atoms. The smallest absolute Gasteiger partial charge is 0.302 e. The first-order chi connectivity index (χ1) is 5.63. The van der Waals surface area contributed by atoms with Gasteiger partial charge in [0.15, 0.2) is 0 Å². The van der Waals surface area contributed by atoms with Gasteiger partial charge in [0, 0.05) is 11.0 Å². The molecule has 0 aromatic carbocycles. The number of halogens is 1. The van der Waals surface area contributed by atoms with Crippen molar-refractivity contribution >= 4 is 5.97 Å². The van der Waals surface area contributed by atoms with Gasteiger partial charge in [0.05, 0.1) is 21.1 Å². The van der Waals surface area contributed by atoms with E-state index in [1.54, 1.807) is 0 Å². The molecule has 0 heterocycles. The molecule has 0 atom stereocenters. The Morgan fingerprint density at radius 3 is 2.45 bits per heavy atom. The molecule has 0 aromatic rings. The lowest BCUT2D eigenvalue weighted by atomic mass is 10.5. The number of carbonyl (C=O) groups is 1. The monoisotopic (exact) mass is 279 g/mol. The van der Waals surface area contributed by atoms with Gasteiger partial charge in [-0.1, -0.05) is 0 Å². The van der Waals surface area contributed by atoms with E-state index in [9.17, 15) is 4.79 Å². The minimum atomic E-state index is -2.63. The van der Waals surface area contributed by atoms with Gasteiger partial charge in [-0.15, -0.1) is 0 Å². The Kier molecular flexibility index (Phi) is 4.08. The number of likely N-dealkylation sites (N-methyl/N-ethyl adjacent to an activating group) is 1. The number of quaternary nitrogens is 1. The molecular weight excluding hydrogens is 257 g/mol. The number of hydrogen-bond acceptors (Lipinski definition) is 2. The van der Waals surface area contributed by atoms with Gasteiger partial charge >= 0.3 is 5.97 Å². The van der Waals surface area contributed by atoms with Gasteiger partial charge in [-0.05, 0) is 0 Å². The first-order valence-corrected chi connectivity index (χ1v) is 3.10. The molecule has 11 heavy (non-hydrogen) atoms. The summed E-state index contributed by atoms with van der Waals surface area (Å²) in [5.41, 5.74) is 0. The fourth-order valence-electron chi connectivity index (χ4n) is 0.412. The van der Waals surface area contributed by atoms with Gasteiger partial charge < -0.3 is 33.2 Å². The van der Waals surface area contributed by atoms with Crippen molar-refractivity contribution in [3.05, 3.63) is 0 Å². The van der Waals surface area contributed by atoms with Gasteiger partial charge in [0.1, 0.15) is 13.2 Å². The summed E-state index contributed by atoms with van der Waals surface area (Å²) in [6.45, 7) is -1.90. The van der Waals surface area contributed by atoms with Crippen molar-refractivity contribution in [3.8, 4) is 0 Å². The van der Waals surface area contributed by atoms with Gasteiger partial charge in [0.2, 0.25) is 0 Å². The fourth-order valence-corrected chi connectivity index (χ4v) is 0.412. The predicted molar refractivity (Wildman–Crippen MR) is 39.5 cm³/mol. The molecule has 0 rings (SSSR count). The van der Waals surface area contributed by atoms with E-state index in [0.717, 1.165) is 0 Å². The second-order valence-electron chi connectivity index (χ2n) is 3.15. The molecule has 0 aromatic heterocycles. The third-order valence-electron chi connectivity index (χ3n) is 0.995. The van der Waals surface area contributed by atoms with Crippen LogP contribution in [-0.4, -0.2) is 44.7 Å². The lowest BCUT2D eigenvalue weighted by Crippen LogP contribution is -3.00. The zero-order valence-corrected chi connectivity index (χ0v) is 9.21. The summed E-state index contributed by atoms with van der Waals surface area (Å²) < 4.78 is 25.4. The summed E-state index contributed by atoms with van der Waals surface area (Å²) >= 11 is 0. The Bertz CT molecular complexity index is 188. The van der Waals surface area contributed by atoms with Crippen molar-refractivity contribution in [2.45, 2.75) is 6.85 Å². The van der Waals surface area contributed by atoms with Crippen LogP contribution >= 0.6 is 0 Å². The van der Waals surface area contributed by atoms with Crippen LogP contribution in [0.3, 0.4) is 0 Å². The van der Waals surface area contributed by atoms with Crippen molar-refractivity contribution in [2.24, 2.45) is 0 Å². The molecular formula is C7H16INO2. The minimum absolute atomic E-state index is 0. The Labute approximate surface area is 89.5 Å². The summed E-state index contributed by atoms with van der Waals surface area (Å²) in [5.74, 6) is -1.12. The Hall–Kier alpha value is 0.160. The normalized spacial score (nSPS) is 15.4. The van der Waals surface area contributed by atoms with Crippen LogP contribution in [0, 0.1) is 0 Å². The molecule has 68 valence electrons. The maximum absolute atomic E-state index is 10.8. The molecule has 0 aliphatic carbocycles. The third-order valence-corrected chi connectivity index (χ3v) is 0.995. The molecule has 0 amide bonds. The highest BCUT2D eigenvalue weighted by atomic mass is 127. The van der Waals surface area contributed by atoms with Crippen LogP contribution < -0.4 is 24.0 Å². The maximum Gasteiger partial charge on any atom is 0.302 e. The lowest BCUT2D eigenvalue weighted by molar-refractivity contribution is -0.870. The van der Waals surface area contributed by atoms with Crippen molar-refractivity contribution < 1.29 is 42.1 Å². The van der Waals surface area contributed by atoms with Gasteiger partial charge in [-0.2, -0.15) is 0 Å². The zero-order chi connectivity index (χ0) is 10.7. The lowest BCUT2D eigenvalue weighted by Gasteiger charge is -2.23. The number of nitrogens with zero attached hydrogens (tertiary/aromatic N) is 1. The maximum atomic E-state index is 10.8. The first kappa shape index (κ1) is 7.79. The van der Waals surface area contributed by atoms with Crippen LogP contribution in [0.4, 0.5) is 0 Å². The second kappa shape index (κ2) is 5.77. The standard InChI is InChI=1S/C7H16NO2.HI/c1-7(9)10-6-5-8(2,3)4;/h5-6H2,1-4H3;1H/q+1;/p-1/i1T3;. The number of esters is 1. The average molecular weight is 279 g/mol. The van der Waals surface area contributed by atoms with E-state index in [1.165, 1.54) is 0 Å². The molecule has 0 fully saturated rings. The van der Waals surface area contributed by atoms with Crippen molar-refractivity contribution in [1.82, 2.24) is 0 Å². The van der Waals surface area contributed by atoms with Gasteiger partial charge in [-0.3, -0.25) is 4.79 Å². The molecule has 3 nitrogen and oxygen atoms in total. The van der Waals surface area contributed by atoms with E-state index >= 15 is 0 Å². The van der Waals surface area contributed by atoms with E-state index in [-0.39, 0.29) is 30.6 Å². The van der Waals surface area contributed by atoms with E-state index in [2.05, 4.69) is 4.74 Å². The zero-order valence-electron chi connectivity index (χ0n) is 10.1. The number of ether oxygens (including phenoxy) is 1. The summed E-state index contributed by atoms with van der Waals surface area (Å²) in [4.78, 5) is 10.8. The van der Waals surface area contributed by atoms with E-state index in [4.69, 9.17) is 4.11 Å². The highest BCUT2D eigenvalue weighted by molar-refractivity contribution is 5.65. The van der Waals surface area contributed by atoms with E-state index in [1.807, 2.05) is 21.1 Å². The van der Waals surface area contributed by atoms with Crippen LogP contribution in [0.1, 0.15) is 11.0 Å². The van der Waals surface area contributed by atoms with Crippen LogP contribution in [0.25, 0.3) is 0 Å². The summed E-state index contributed by atoms with van der Waals surface area (Å²) in [7, 11) is 5.80. The highest BCUT2D eigenvalue weighted by Crippen LogP contribution is 1.88. The van der Waals surface area contributed by atoms with Crippen molar-refractivity contribution in [3.63, 3.8) is 0 Å². The average Bonchev–Trinajstić information content (AvgIpc) is 1.82. The summed E-state index contributed by atoms with van der Waals surface area (Å²) in [6, 6.07) is 0. The topological polar surface area (TPSA) is 26.3 Å². The molecule has 0 aliphatic heterocycles. The summed E-state index contributed by atoms with van der Waals surface area (Å²) in [5, 5.41) is 0. The SMILES string of the molecule is [3H]C([3H])([3H])C(=O)OCC[N+](C)(C)C.[I-]. The number of carbonyl (C=O) groups excluding carboxylic acids is 1. The molecule has 0 aliphatic rings. The number of rotatable bonds is 3. The molecule has 4 heteroatoms. The second-order valence-corrected chi connectivity index (χ2v) is 3.15. The van der Waals surface area contributed by atoms with Crippen LogP contribution in [0.2, 0.25) is 0 Å². The number of hydrogen-bond donors (Lipinski definition) is 0. The molecule has 0 radical (unpaired) electrons. The molecule has 0 unspecified atom stereocenters. The first-order valence-electron chi connectivity index (χ1n) is 4.60. The highest BCUT2D eigenvalue weighted by Gasteiger charge is 2.06. The molecule has 0 saturated heterocycles. The van der Waals surface area contributed by atoms with Gasteiger partial charge in [-0.25, -0.2) is 0 Å².